The smallest absolute Gasteiger partial charge is 0.464 e. The van der Waals surface area contributed by atoms with Crippen LogP contribution in [0.1, 0.15) is 114 Å². The molecule has 2 aliphatic rings. The van der Waals surface area contributed by atoms with Gasteiger partial charge < -0.3 is 40.9 Å². The van der Waals surface area contributed by atoms with E-state index in [0.29, 0.717) is 0 Å². The number of furan rings is 4. The van der Waals surface area contributed by atoms with Crippen molar-refractivity contribution in [2.24, 2.45) is 0 Å². The zero-order valence-corrected chi connectivity index (χ0v) is 50.1. The van der Waals surface area contributed by atoms with Gasteiger partial charge in [-0.05, 0) is 132 Å². The molecule has 2 saturated heterocycles. The zero-order valence-electron chi connectivity index (χ0n) is 43.2. The van der Waals surface area contributed by atoms with Gasteiger partial charge in [-0.1, -0.05) is 117 Å². The van der Waals surface area contributed by atoms with Crippen LogP contribution in [-0.2, 0) is 42.5 Å². The van der Waals surface area contributed by atoms with Crippen molar-refractivity contribution in [2.45, 2.75) is 145 Å². The Bertz CT molecular complexity index is 2700. The van der Waals surface area contributed by atoms with Gasteiger partial charge in [-0.2, -0.15) is 0 Å². The lowest BCUT2D eigenvalue weighted by Crippen LogP contribution is -2.41. The lowest BCUT2D eigenvalue weighted by atomic mass is 9.76. The first kappa shape index (κ1) is 59.7. The number of aryl methyl sites for hydroxylation is 3. The summed E-state index contributed by atoms with van der Waals surface area (Å²) in [5.74, 6) is 3.03. The first-order chi connectivity index (χ1) is 33.2. The van der Waals surface area contributed by atoms with Crippen LogP contribution < -0.4 is 5.46 Å². The van der Waals surface area contributed by atoms with Crippen LogP contribution in [-0.4, -0.2) is 47.4 Å². The second-order valence-electron chi connectivity index (χ2n) is 18.6. The Balaban J connectivity index is 0.000000190. The molecule has 2 fully saturated rings. The highest BCUT2D eigenvalue weighted by atomic mass is 127. The Labute approximate surface area is 454 Å². The fourth-order valence-corrected chi connectivity index (χ4v) is 7.76. The topological polar surface area (TPSA) is 98.7 Å². The summed E-state index contributed by atoms with van der Waals surface area (Å²) in [4.78, 5) is 0. The Morgan fingerprint density at radius 2 is 0.986 bits per heavy atom. The van der Waals surface area contributed by atoms with Crippen molar-refractivity contribution in [2.75, 3.05) is 4.43 Å². The monoisotopic (exact) mass is 1260 g/mol. The van der Waals surface area contributed by atoms with Crippen molar-refractivity contribution in [3.8, 4) is 0 Å². The number of fused-ring (bicyclic) bond motifs is 4. The molecule has 0 spiro atoms. The zero-order chi connectivity index (χ0) is 51.9. The van der Waals surface area contributed by atoms with E-state index in [1.54, 1.807) is 6.26 Å². The molecule has 6 heterocycles. The number of hydrogen-bond acceptors (Lipinski definition) is 9. The highest BCUT2D eigenvalue weighted by Gasteiger charge is 2.54. The first-order valence-corrected chi connectivity index (χ1v) is 29.9. The van der Waals surface area contributed by atoms with Gasteiger partial charge in [-0.3, -0.25) is 0 Å². The number of halogens is 4. The summed E-state index contributed by atoms with van der Waals surface area (Å²) in [7, 11) is -0.886. The molecule has 0 aliphatic carbocycles. The number of benzene rings is 4. The normalized spacial score (nSPS) is 15.9. The summed E-state index contributed by atoms with van der Waals surface area (Å²) < 4.78 is 53.5. The standard InChI is InChI=1S/C16H21BO3.C10H9BrO.C10H10O.C9H19BO3.C8H6O.C2H5I.Br2/c1-6-12-14(11-9-7-8-10-13(11)18-12)17-19-15(2,3)16(4,5)20-17;1-2-8-10(11)7-5-3-4-6-9(7)12-8;1-2-9-7-8-5-3-4-6-10(8)11-9;1-7(2)11-10-12-8(3,4)9(5,6)13-10;1-2-4-8-7(3-1)5-6-9-8;1-2-3;1-2/h7-10H,6H2,1-5H3;3-6H,2H2,1H3;3-7H,2H2,1H3;7H,1-6H3;1-6H;2H2,1H3;. The predicted octanol–water partition coefficient (Wildman–Crippen LogP) is 17.6. The van der Waals surface area contributed by atoms with E-state index < -0.39 is 7.32 Å². The van der Waals surface area contributed by atoms with Crippen LogP contribution in [0.3, 0.4) is 0 Å². The van der Waals surface area contributed by atoms with Crippen LogP contribution in [0.15, 0.2) is 138 Å². The van der Waals surface area contributed by atoms with Crippen LogP contribution in [0.4, 0.5) is 0 Å². The highest BCUT2D eigenvalue weighted by molar-refractivity contribution is 14.1. The molecule has 0 atom stereocenters. The molecular weight excluding hydrogens is 1190 g/mol. The Morgan fingerprint density at radius 3 is 1.47 bits per heavy atom. The fraction of sp³-hybridized carbons (Fsp3) is 0.418. The third-order valence-electron chi connectivity index (χ3n) is 12.2. The Morgan fingerprint density at radius 1 is 0.543 bits per heavy atom. The summed E-state index contributed by atoms with van der Waals surface area (Å²) in [5, 5.41) is 4.61. The molecular formula is C55H70B2Br3IO9. The first-order valence-electron chi connectivity index (χ1n) is 23.8. The molecule has 4 aromatic heterocycles. The number of alkyl halides is 1. The lowest BCUT2D eigenvalue weighted by Gasteiger charge is -2.32. The predicted molar refractivity (Wildman–Crippen MR) is 311 cm³/mol. The highest BCUT2D eigenvalue weighted by Crippen LogP contribution is 2.39. The largest absolute Gasteiger partial charge is 0.640 e. The van der Waals surface area contributed by atoms with Crippen molar-refractivity contribution < 1.29 is 40.9 Å². The van der Waals surface area contributed by atoms with Crippen molar-refractivity contribution in [1.29, 1.82) is 0 Å². The summed E-state index contributed by atoms with van der Waals surface area (Å²) in [6, 6.07) is 36.2. The molecule has 9 nitrogen and oxygen atoms in total. The summed E-state index contributed by atoms with van der Waals surface area (Å²) in [6.07, 6.45) is 4.54. The minimum atomic E-state index is -0.523. The van der Waals surface area contributed by atoms with E-state index in [2.05, 4.69) is 146 Å². The van der Waals surface area contributed by atoms with Crippen molar-refractivity contribution >= 4 is 131 Å². The van der Waals surface area contributed by atoms with Gasteiger partial charge in [-0.15, -0.1) is 0 Å². The van der Waals surface area contributed by atoms with Crippen molar-refractivity contribution in [1.82, 2.24) is 0 Å². The molecule has 0 unspecified atom stereocenters. The molecule has 4 aromatic carbocycles. The van der Waals surface area contributed by atoms with Gasteiger partial charge in [0.05, 0.1) is 33.1 Å². The van der Waals surface area contributed by atoms with E-state index >= 15 is 0 Å². The lowest BCUT2D eigenvalue weighted by molar-refractivity contribution is 0.00578. The maximum atomic E-state index is 6.18. The second kappa shape index (κ2) is 27.4. The third-order valence-corrected chi connectivity index (χ3v) is 13.1. The molecule has 8 aromatic rings. The molecule has 0 radical (unpaired) electrons. The molecule has 0 saturated carbocycles. The molecule has 0 N–H and O–H groups in total. The van der Waals surface area contributed by atoms with Crippen LogP contribution >= 0.6 is 66.8 Å². The molecule has 2 aliphatic heterocycles. The summed E-state index contributed by atoms with van der Waals surface area (Å²) in [6.45, 7) is 28.6. The van der Waals surface area contributed by atoms with Gasteiger partial charge >= 0.3 is 14.4 Å². The van der Waals surface area contributed by atoms with Crippen LogP contribution in [0.2, 0.25) is 0 Å². The molecule has 15 heteroatoms. The molecule has 10 rings (SSSR count). The van der Waals surface area contributed by atoms with Gasteiger partial charge in [-0.25, -0.2) is 0 Å². The quantitative estimate of drug-likeness (QED) is 0.0916. The average molecular weight is 1260 g/mol. The maximum absolute atomic E-state index is 6.18. The molecule has 378 valence electrons. The van der Waals surface area contributed by atoms with Gasteiger partial charge in [0.1, 0.15) is 39.6 Å². The number of rotatable bonds is 6. The van der Waals surface area contributed by atoms with E-state index in [9.17, 15) is 0 Å². The van der Waals surface area contributed by atoms with E-state index in [4.69, 9.17) is 40.9 Å². The van der Waals surface area contributed by atoms with E-state index in [-0.39, 0.29) is 35.6 Å². The van der Waals surface area contributed by atoms with E-state index in [1.807, 2.05) is 126 Å². The van der Waals surface area contributed by atoms with Crippen molar-refractivity contribution in [3.05, 3.63) is 137 Å². The summed E-state index contributed by atoms with van der Waals surface area (Å²) in [5.41, 5.74) is 3.58. The molecule has 0 bridgehead atoms. The van der Waals surface area contributed by atoms with E-state index in [1.165, 1.54) is 9.81 Å². The Kier molecular flexibility index (Phi) is 23.4. The SMILES string of the molecule is BrBr.CC(C)OB1OC(C)(C)C(C)(C)O1.CCI.CCc1cc2ccccc2o1.CCc1oc2ccccc2c1B1OC(C)(C)C(C)(C)O1.CCc1oc2ccccc2c1Br.c1ccc2occc2c1. The van der Waals surface area contributed by atoms with E-state index in [0.717, 1.165) is 85.0 Å². The molecule has 0 amide bonds. The second-order valence-corrected chi connectivity index (χ2v) is 20.9. The van der Waals surface area contributed by atoms with Crippen LogP contribution in [0, 0.1) is 0 Å². The summed E-state index contributed by atoms with van der Waals surface area (Å²) >= 11 is 11.3. The number of hydrogen-bond donors (Lipinski definition) is 0. The van der Waals surface area contributed by atoms with Gasteiger partial charge in [0.15, 0.2) is 0 Å². The fourth-order valence-electron chi connectivity index (χ4n) is 7.07. The number of para-hydroxylation sites is 4. The Hall–Kier alpha value is -2.86. The van der Waals surface area contributed by atoms with Crippen molar-refractivity contribution in [3.63, 3.8) is 0 Å². The van der Waals surface area contributed by atoms with Gasteiger partial charge in [0.25, 0.3) is 0 Å². The van der Waals surface area contributed by atoms with Crippen LogP contribution in [0.5, 0.6) is 0 Å². The minimum Gasteiger partial charge on any atom is -0.464 e. The third kappa shape index (κ3) is 15.6. The minimum absolute atomic E-state index is 0.120. The molecule has 70 heavy (non-hydrogen) atoms. The average Bonchev–Trinajstić information content (AvgIpc) is 4.18. The van der Waals surface area contributed by atoms with Gasteiger partial charge in [0.2, 0.25) is 0 Å². The van der Waals surface area contributed by atoms with Gasteiger partial charge in [0, 0.05) is 80.6 Å². The maximum Gasteiger partial charge on any atom is 0.640 e. The van der Waals surface area contributed by atoms with Crippen LogP contribution in [0.25, 0.3) is 43.9 Å².